The SMILES string of the molecule is O=C1CC(SCc2ccc(Cl)cc2)C(=O)N1. The first-order valence-electron chi connectivity index (χ1n) is 4.85. The van der Waals surface area contributed by atoms with Crippen molar-refractivity contribution in [1.29, 1.82) is 0 Å². The van der Waals surface area contributed by atoms with Crippen LogP contribution in [-0.4, -0.2) is 17.1 Å². The van der Waals surface area contributed by atoms with E-state index in [0.717, 1.165) is 5.56 Å². The van der Waals surface area contributed by atoms with Crippen molar-refractivity contribution in [1.82, 2.24) is 5.32 Å². The Kier molecular flexibility index (Phi) is 3.51. The van der Waals surface area contributed by atoms with Gasteiger partial charge in [-0.3, -0.25) is 14.9 Å². The number of nitrogens with one attached hydrogen (secondary N) is 1. The van der Waals surface area contributed by atoms with Gasteiger partial charge in [-0.25, -0.2) is 0 Å². The van der Waals surface area contributed by atoms with E-state index in [1.807, 2.05) is 24.3 Å². The van der Waals surface area contributed by atoms with Gasteiger partial charge in [-0.1, -0.05) is 23.7 Å². The summed E-state index contributed by atoms with van der Waals surface area (Å²) in [6.45, 7) is 0. The number of halogens is 1. The van der Waals surface area contributed by atoms with Gasteiger partial charge >= 0.3 is 0 Å². The molecule has 1 atom stereocenters. The molecule has 1 saturated heterocycles. The molecule has 84 valence electrons. The molecular weight excluding hydrogens is 246 g/mol. The van der Waals surface area contributed by atoms with Crippen LogP contribution in [0.3, 0.4) is 0 Å². The zero-order valence-corrected chi connectivity index (χ0v) is 9.98. The highest BCUT2D eigenvalue weighted by Gasteiger charge is 2.30. The number of hydrogen-bond donors (Lipinski definition) is 1. The maximum Gasteiger partial charge on any atom is 0.240 e. The van der Waals surface area contributed by atoms with Gasteiger partial charge in [0, 0.05) is 17.2 Å². The molecule has 2 amide bonds. The molecule has 0 aromatic heterocycles. The average molecular weight is 256 g/mol. The lowest BCUT2D eigenvalue weighted by Gasteiger charge is -2.05. The van der Waals surface area contributed by atoms with E-state index in [2.05, 4.69) is 5.32 Å². The summed E-state index contributed by atoms with van der Waals surface area (Å²) in [6, 6.07) is 7.47. The lowest BCUT2D eigenvalue weighted by atomic mass is 10.2. The van der Waals surface area contributed by atoms with Crippen molar-refractivity contribution in [2.24, 2.45) is 0 Å². The molecule has 1 heterocycles. The number of benzene rings is 1. The molecule has 1 aromatic carbocycles. The van der Waals surface area contributed by atoms with Crippen LogP contribution in [0.5, 0.6) is 0 Å². The average Bonchev–Trinajstić information content (AvgIpc) is 2.57. The minimum absolute atomic E-state index is 0.177. The highest BCUT2D eigenvalue weighted by atomic mass is 35.5. The number of amides is 2. The Morgan fingerprint density at radius 3 is 2.56 bits per heavy atom. The van der Waals surface area contributed by atoms with E-state index in [1.165, 1.54) is 11.8 Å². The Morgan fingerprint density at radius 1 is 1.31 bits per heavy atom. The highest BCUT2D eigenvalue weighted by Crippen LogP contribution is 2.24. The normalized spacial score (nSPS) is 19.9. The molecule has 0 spiro atoms. The Hall–Kier alpha value is -1.00. The molecule has 2 rings (SSSR count). The number of thioether (sulfide) groups is 1. The summed E-state index contributed by atoms with van der Waals surface area (Å²) >= 11 is 7.24. The summed E-state index contributed by atoms with van der Waals surface area (Å²) in [4.78, 5) is 22.2. The summed E-state index contributed by atoms with van der Waals surface area (Å²) in [5, 5.41) is 2.74. The fourth-order valence-electron chi connectivity index (χ4n) is 1.44. The number of rotatable bonds is 3. The van der Waals surface area contributed by atoms with Crippen molar-refractivity contribution >= 4 is 35.2 Å². The van der Waals surface area contributed by atoms with Crippen LogP contribution in [0.4, 0.5) is 0 Å². The van der Waals surface area contributed by atoms with E-state index in [4.69, 9.17) is 11.6 Å². The molecule has 3 nitrogen and oxygen atoms in total. The van der Waals surface area contributed by atoms with Gasteiger partial charge in [0.1, 0.15) is 0 Å². The molecule has 1 aromatic rings. The van der Waals surface area contributed by atoms with E-state index >= 15 is 0 Å². The molecule has 0 radical (unpaired) electrons. The van der Waals surface area contributed by atoms with Crippen molar-refractivity contribution in [3.05, 3.63) is 34.9 Å². The van der Waals surface area contributed by atoms with Gasteiger partial charge in [0.15, 0.2) is 0 Å². The molecule has 0 bridgehead atoms. The summed E-state index contributed by atoms with van der Waals surface area (Å²) in [7, 11) is 0. The van der Waals surface area contributed by atoms with Crippen LogP contribution in [0, 0.1) is 0 Å². The molecule has 1 N–H and O–H groups in total. The molecule has 5 heteroatoms. The molecular formula is C11H10ClNO2S. The van der Waals surface area contributed by atoms with E-state index in [-0.39, 0.29) is 23.5 Å². The second-order valence-corrected chi connectivity index (χ2v) is 5.17. The third-order valence-electron chi connectivity index (χ3n) is 2.29. The van der Waals surface area contributed by atoms with Gasteiger partial charge in [-0.05, 0) is 17.7 Å². The molecule has 1 aliphatic rings. The maximum absolute atomic E-state index is 11.3. The molecule has 1 aliphatic heterocycles. The van der Waals surface area contributed by atoms with E-state index in [9.17, 15) is 9.59 Å². The van der Waals surface area contributed by atoms with Gasteiger partial charge in [0.05, 0.1) is 5.25 Å². The number of hydrogen-bond acceptors (Lipinski definition) is 3. The summed E-state index contributed by atoms with van der Waals surface area (Å²) < 4.78 is 0. The largest absolute Gasteiger partial charge is 0.295 e. The zero-order chi connectivity index (χ0) is 11.5. The lowest BCUT2D eigenvalue weighted by Crippen LogP contribution is -2.23. The standard InChI is InChI=1S/C11H10ClNO2S/c12-8-3-1-7(2-4-8)6-16-9-5-10(14)13-11(9)15/h1-4,9H,5-6H2,(H,13,14,15). The van der Waals surface area contributed by atoms with Gasteiger partial charge < -0.3 is 0 Å². The smallest absolute Gasteiger partial charge is 0.240 e. The molecule has 1 unspecified atom stereocenters. The first kappa shape index (κ1) is 11.5. The van der Waals surface area contributed by atoms with Crippen LogP contribution in [0.15, 0.2) is 24.3 Å². The Balaban J connectivity index is 1.90. The number of imide groups is 1. The van der Waals surface area contributed by atoms with Gasteiger partial charge in [0.25, 0.3) is 0 Å². The fourth-order valence-corrected chi connectivity index (χ4v) is 2.63. The quantitative estimate of drug-likeness (QED) is 0.841. The van der Waals surface area contributed by atoms with Crippen molar-refractivity contribution in [3.8, 4) is 0 Å². The Morgan fingerprint density at radius 2 is 2.00 bits per heavy atom. The predicted molar refractivity (Wildman–Crippen MR) is 64.3 cm³/mol. The van der Waals surface area contributed by atoms with Crippen LogP contribution in [0.25, 0.3) is 0 Å². The minimum atomic E-state index is -0.247. The van der Waals surface area contributed by atoms with Crippen LogP contribution in [0.2, 0.25) is 5.02 Å². The predicted octanol–water partition coefficient (Wildman–Crippen LogP) is 1.99. The van der Waals surface area contributed by atoms with Crippen LogP contribution in [0.1, 0.15) is 12.0 Å². The highest BCUT2D eigenvalue weighted by molar-refractivity contribution is 7.99. The number of carbonyl (C=O) groups is 2. The first-order chi connectivity index (χ1) is 7.65. The maximum atomic E-state index is 11.3. The Labute approximate surface area is 103 Å². The van der Waals surface area contributed by atoms with Crippen molar-refractivity contribution in [2.45, 2.75) is 17.4 Å². The third kappa shape index (κ3) is 2.77. The molecule has 0 saturated carbocycles. The lowest BCUT2D eigenvalue weighted by molar-refractivity contribution is -0.124. The van der Waals surface area contributed by atoms with Crippen LogP contribution < -0.4 is 5.32 Å². The van der Waals surface area contributed by atoms with E-state index in [1.54, 1.807) is 0 Å². The van der Waals surface area contributed by atoms with E-state index < -0.39 is 0 Å². The monoisotopic (exact) mass is 255 g/mol. The molecule has 16 heavy (non-hydrogen) atoms. The number of carbonyl (C=O) groups excluding carboxylic acids is 2. The topological polar surface area (TPSA) is 46.2 Å². The third-order valence-corrected chi connectivity index (χ3v) is 3.83. The van der Waals surface area contributed by atoms with Gasteiger partial charge in [-0.2, -0.15) is 0 Å². The second kappa shape index (κ2) is 4.89. The second-order valence-electron chi connectivity index (χ2n) is 3.54. The van der Waals surface area contributed by atoms with Crippen molar-refractivity contribution < 1.29 is 9.59 Å². The minimum Gasteiger partial charge on any atom is -0.295 e. The Bertz CT molecular complexity index is 418. The van der Waals surface area contributed by atoms with Gasteiger partial charge in [-0.15, -0.1) is 11.8 Å². The fraction of sp³-hybridized carbons (Fsp3) is 0.273. The van der Waals surface area contributed by atoms with Crippen LogP contribution in [-0.2, 0) is 15.3 Å². The summed E-state index contributed by atoms with van der Waals surface area (Å²) in [5.74, 6) is 0.352. The van der Waals surface area contributed by atoms with E-state index in [0.29, 0.717) is 10.8 Å². The van der Waals surface area contributed by atoms with Crippen LogP contribution >= 0.6 is 23.4 Å². The first-order valence-corrected chi connectivity index (χ1v) is 6.27. The zero-order valence-electron chi connectivity index (χ0n) is 8.40. The molecule has 0 aliphatic carbocycles. The van der Waals surface area contributed by atoms with Crippen molar-refractivity contribution in [3.63, 3.8) is 0 Å². The van der Waals surface area contributed by atoms with Gasteiger partial charge in [0.2, 0.25) is 11.8 Å². The molecule has 1 fully saturated rings. The summed E-state index contributed by atoms with van der Waals surface area (Å²) in [5.41, 5.74) is 1.10. The summed E-state index contributed by atoms with van der Waals surface area (Å²) in [6.07, 6.45) is 0.289. The van der Waals surface area contributed by atoms with Crippen molar-refractivity contribution in [2.75, 3.05) is 0 Å².